The molecular weight excluding hydrogens is 486 g/mol. The lowest BCUT2D eigenvalue weighted by atomic mass is 10.0. The Morgan fingerprint density at radius 3 is 2.68 bits per heavy atom. The molecule has 0 saturated carbocycles. The van der Waals surface area contributed by atoms with E-state index in [9.17, 15) is 13.2 Å². The van der Waals surface area contributed by atoms with Gasteiger partial charge < -0.3 is 20.1 Å². The molecule has 9 heteroatoms. The van der Waals surface area contributed by atoms with E-state index >= 15 is 0 Å². The molecule has 2 N–H and O–H groups in total. The van der Waals surface area contributed by atoms with Gasteiger partial charge in [0.25, 0.3) is 0 Å². The van der Waals surface area contributed by atoms with Gasteiger partial charge in [-0.25, -0.2) is 0 Å². The van der Waals surface area contributed by atoms with Gasteiger partial charge in [0, 0.05) is 46.6 Å². The predicted octanol–water partition coefficient (Wildman–Crippen LogP) is 3.82. The highest BCUT2D eigenvalue weighted by molar-refractivity contribution is 14.0. The Morgan fingerprint density at radius 2 is 2.00 bits per heavy atom. The number of alkyl halides is 3. The van der Waals surface area contributed by atoms with Gasteiger partial charge in [-0.3, -0.25) is 4.99 Å². The SMILES string of the molecule is CN=C(NCCCOCC1CCOCC1)NCc1cccc(C(F)(F)F)c1.I. The number of halogens is 4. The van der Waals surface area contributed by atoms with Crippen molar-refractivity contribution in [2.45, 2.75) is 32.0 Å². The number of ether oxygens (including phenoxy) is 2. The first kappa shape index (κ1) is 25.0. The van der Waals surface area contributed by atoms with Gasteiger partial charge in [-0.2, -0.15) is 13.2 Å². The molecular formula is C19H29F3IN3O2. The maximum Gasteiger partial charge on any atom is 0.416 e. The van der Waals surface area contributed by atoms with E-state index in [4.69, 9.17) is 9.47 Å². The number of hydrogen-bond acceptors (Lipinski definition) is 3. The van der Waals surface area contributed by atoms with Gasteiger partial charge in [0.05, 0.1) is 5.56 Å². The second kappa shape index (κ2) is 13.2. The molecule has 160 valence electrons. The summed E-state index contributed by atoms with van der Waals surface area (Å²) in [5.74, 6) is 1.14. The van der Waals surface area contributed by atoms with Gasteiger partial charge in [-0.1, -0.05) is 12.1 Å². The Morgan fingerprint density at radius 1 is 1.25 bits per heavy atom. The van der Waals surface area contributed by atoms with Crippen molar-refractivity contribution in [2.75, 3.05) is 40.0 Å². The number of aliphatic imine (C=N–C) groups is 1. The average Bonchev–Trinajstić information content (AvgIpc) is 2.67. The summed E-state index contributed by atoms with van der Waals surface area (Å²) in [4.78, 5) is 4.08. The Hall–Kier alpha value is -1.07. The Balaban J connectivity index is 0.00000392. The van der Waals surface area contributed by atoms with Gasteiger partial charge in [0.2, 0.25) is 0 Å². The zero-order chi connectivity index (χ0) is 19.5. The van der Waals surface area contributed by atoms with E-state index < -0.39 is 11.7 Å². The minimum absolute atomic E-state index is 0. The Labute approximate surface area is 181 Å². The zero-order valence-electron chi connectivity index (χ0n) is 16.1. The fourth-order valence-electron chi connectivity index (χ4n) is 2.81. The fourth-order valence-corrected chi connectivity index (χ4v) is 2.81. The largest absolute Gasteiger partial charge is 0.416 e. The Kier molecular flexibility index (Phi) is 11.8. The highest BCUT2D eigenvalue weighted by atomic mass is 127. The van der Waals surface area contributed by atoms with Crippen molar-refractivity contribution in [1.29, 1.82) is 0 Å². The molecule has 1 aliphatic heterocycles. The third-order valence-electron chi connectivity index (χ3n) is 4.39. The van der Waals surface area contributed by atoms with Crippen LogP contribution in [0.1, 0.15) is 30.4 Å². The monoisotopic (exact) mass is 515 g/mol. The molecule has 28 heavy (non-hydrogen) atoms. The minimum atomic E-state index is -4.33. The molecule has 1 heterocycles. The molecule has 0 aliphatic carbocycles. The van der Waals surface area contributed by atoms with Crippen LogP contribution in [0.3, 0.4) is 0 Å². The summed E-state index contributed by atoms with van der Waals surface area (Å²) in [7, 11) is 1.63. The number of benzene rings is 1. The zero-order valence-corrected chi connectivity index (χ0v) is 18.4. The van der Waals surface area contributed by atoms with Crippen LogP contribution < -0.4 is 10.6 Å². The molecule has 1 aromatic carbocycles. The lowest BCUT2D eigenvalue weighted by molar-refractivity contribution is -0.137. The summed E-state index contributed by atoms with van der Waals surface area (Å²) in [5, 5.41) is 6.16. The number of nitrogens with one attached hydrogen (secondary N) is 2. The van der Waals surface area contributed by atoms with Crippen LogP contribution in [0.4, 0.5) is 13.2 Å². The third-order valence-corrected chi connectivity index (χ3v) is 4.39. The fraction of sp³-hybridized carbons (Fsp3) is 0.632. The first-order valence-corrected chi connectivity index (χ1v) is 9.25. The maximum atomic E-state index is 12.7. The van der Waals surface area contributed by atoms with Crippen LogP contribution in [0.25, 0.3) is 0 Å². The topological polar surface area (TPSA) is 54.9 Å². The van der Waals surface area contributed by atoms with Crippen LogP contribution in [-0.4, -0.2) is 46.0 Å². The second-order valence-corrected chi connectivity index (χ2v) is 6.53. The van der Waals surface area contributed by atoms with Gasteiger partial charge in [-0.15, -0.1) is 24.0 Å². The highest BCUT2D eigenvalue weighted by Crippen LogP contribution is 2.29. The van der Waals surface area contributed by atoms with Crippen molar-refractivity contribution in [3.05, 3.63) is 35.4 Å². The lowest BCUT2D eigenvalue weighted by Crippen LogP contribution is -2.37. The van der Waals surface area contributed by atoms with Crippen molar-refractivity contribution >= 4 is 29.9 Å². The third kappa shape index (κ3) is 9.42. The molecule has 1 saturated heterocycles. The molecule has 0 spiro atoms. The predicted molar refractivity (Wildman–Crippen MR) is 114 cm³/mol. The molecule has 2 rings (SSSR count). The van der Waals surface area contributed by atoms with E-state index in [1.807, 2.05) is 0 Å². The Bertz CT molecular complexity index is 594. The number of nitrogens with zero attached hydrogens (tertiary/aromatic N) is 1. The van der Waals surface area contributed by atoms with E-state index in [1.54, 1.807) is 13.1 Å². The van der Waals surface area contributed by atoms with Gasteiger partial charge in [-0.05, 0) is 42.9 Å². The van der Waals surface area contributed by atoms with Crippen molar-refractivity contribution in [3.63, 3.8) is 0 Å². The molecule has 0 unspecified atom stereocenters. The lowest BCUT2D eigenvalue weighted by Gasteiger charge is -2.21. The number of hydrogen-bond donors (Lipinski definition) is 2. The van der Waals surface area contributed by atoms with Crippen LogP contribution >= 0.6 is 24.0 Å². The van der Waals surface area contributed by atoms with Crippen LogP contribution in [0.2, 0.25) is 0 Å². The normalized spacial score (nSPS) is 15.8. The summed E-state index contributed by atoms with van der Waals surface area (Å²) in [6.07, 6.45) is -1.39. The maximum absolute atomic E-state index is 12.7. The molecule has 0 amide bonds. The van der Waals surface area contributed by atoms with E-state index in [2.05, 4.69) is 15.6 Å². The molecule has 5 nitrogen and oxygen atoms in total. The van der Waals surface area contributed by atoms with E-state index in [0.29, 0.717) is 30.6 Å². The molecule has 1 fully saturated rings. The van der Waals surface area contributed by atoms with Gasteiger partial charge >= 0.3 is 6.18 Å². The minimum Gasteiger partial charge on any atom is -0.381 e. The molecule has 0 aromatic heterocycles. The quantitative estimate of drug-likeness (QED) is 0.239. The highest BCUT2D eigenvalue weighted by Gasteiger charge is 2.30. The molecule has 0 bridgehead atoms. The van der Waals surface area contributed by atoms with E-state index in [0.717, 1.165) is 51.2 Å². The summed E-state index contributed by atoms with van der Waals surface area (Å²) in [6, 6.07) is 5.27. The van der Waals surface area contributed by atoms with Crippen LogP contribution in [-0.2, 0) is 22.2 Å². The first-order valence-electron chi connectivity index (χ1n) is 9.25. The van der Waals surface area contributed by atoms with E-state index in [-0.39, 0.29) is 30.5 Å². The van der Waals surface area contributed by atoms with Crippen LogP contribution in [0.15, 0.2) is 29.3 Å². The molecule has 1 aromatic rings. The standard InChI is InChI=1S/C19H28F3N3O2.HI/c1-23-18(24-8-3-9-27-14-15-6-10-26-11-7-15)25-13-16-4-2-5-17(12-16)19(20,21)22;/h2,4-5,12,15H,3,6-11,13-14H2,1H3,(H2,23,24,25);1H. The summed E-state index contributed by atoms with van der Waals surface area (Å²) in [6.45, 7) is 4.02. The average molecular weight is 515 g/mol. The smallest absolute Gasteiger partial charge is 0.381 e. The van der Waals surface area contributed by atoms with Crippen molar-refractivity contribution in [3.8, 4) is 0 Å². The number of guanidine groups is 1. The number of rotatable bonds is 8. The van der Waals surface area contributed by atoms with E-state index in [1.165, 1.54) is 6.07 Å². The molecule has 0 atom stereocenters. The molecule has 1 aliphatic rings. The van der Waals surface area contributed by atoms with Crippen LogP contribution in [0.5, 0.6) is 0 Å². The second-order valence-electron chi connectivity index (χ2n) is 6.53. The molecule has 0 radical (unpaired) electrons. The summed E-state index contributed by atoms with van der Waals surface area (Å²) < 4.78 is 49.3. The summed E-state index contributed by atoms with van der Waals surface area (Å²) in [5.41, 5.74) is -0.0982. The van der Waals surface area contributed by atoms with Crippen molar-refractivity contribution in [2.24, 2.45) is 10.9 Å². The summed E-state index contributed by atoms with van der Waals surface area (Å²) >= 11 is 0. The van der Waals surface area contributed by atoms with Gasteiger partial charge in [0.15, 0.2) is 5.96 Å². The van der Waals surface area contributed by atoms with Crippen molar-refractivity contribution < 1.29 is 22.6 Å². The first-order chi connectivity index (χ1) is 13.0. The van der Waals surface area contributed by atoms with Gasteiger partial charge in [0.1, 0.15) is 0 Å². The van der Waals surface area contributed by atoms with Crippen molar-refractivity contribution in [1.82, 2.24) is 10.6 Å². The van der Waals surface area contributed by atoms with Crippen LogP contribution in [0, 0.1) is 5.92 Å².